The van der Waals surface area contributed by atoms with Crippen LogP contribution in [0.4, 0.5) is 0 Å². The summed E-state index contributed by atoms with van der Waals surface area (Å²) < 4.78 is 22.7. The minimum atomic E-state index is -1.17. The molecule has 3 rings (SSSR count). The maximum Gasteiger partial charge on any atom is 0.342 e. The van der Waals surface area contributed by atoms with E-state index in [1.165, 1.54) is 25.6 Å². The number of nitrogens with one attached hydrogen (secondary N) is 1. The highest BCUT2D eigenvalue weighted by atomic mass is 32.1. The van der Waals surface area contributed by atoms with Crippen molar-refractivity contribution in [2.75, 3.05) is 20.8 Å². The van der Waals surface area contributed by atoms with Gasteiger partial charge in [0.15, 0.2) is 11.5 Å². The van der Waals surface area contributed by atoms with Crippen LogP contribution in [0.15, 0.2) is 36.2 Å². The Balaban J connectivity index is 1.93. The molecule has 0 unspecified atom stereocenters. The first kappa shape index (κ1) is 29.5. The number of hydrogen-bond acceptors (Lipinski definition) is 9. The molecule has 0 saturated heterocycles. The van der Waals surface area contributed by atoms with Crippen LogP contribution in [0.5, 0.6) is 17.2 Å². The fourth-order valence-corrected chi connectivity index (χ4v) is 5.22. The van der Waals surface area contributed by atoms with E-state index in [1.807, 2.05) is 0 Å². The molecule has 2 aromatic rings. The van der Waals surface area contributed by atoms with Crippen molar-refractivity contribution in [2.24, 2.45) is 0 Å². The molecule has 0 bridgehead atoms. The van der Waals surface area contributed by atoms with E-state index in [0.717, 1.165) is 0 Å². The highest BCUT2D eigenvalue weighted by Gasteiger charge is 2.31. The molecule has 2 heterocycles. The van der Waals surface area contributed by atoms with Gasteiger partial charge in [0, 0.05) is 11.6 Å². The zero-order chi connectivity index (χ0) is 27.7. The van der Waals surface area contributed by atoms with E-state index in [0.29, 0.717) is 59.8 Å². The van der Waals surface area contributed by atoms with E-state index < -0.39 is 30.3 Å². The standard InChI is InChI=1S/C28H37NO8S/c1-5-14-36-21-16-22(34-3)26(35-4)18-10-7-12-20(30)25(31)19(29-27(32)23-13-8-15-38-23)11-6-9-17(2)37-28(33)24(18)21/h5,8,13,15-17,19-20,25,30-31H,1,6-7,9-12,14H2,2-4H3,(H,29,32)/t17-,19+,20-,25+/m0/s1. The number of thiophene rings is 1. The summed E-state index contributed by atoms with van der Waals surface area (Å²) in [5.74, 6) is 0.214. The van der Waals surface area contributed by atoms with Crippen molar-refractivity contribution in [2.45, 2.75) is 69.8 Å². The number of benzene rings is 1. The van der Waals surface area contributed by atoms with Crippen molar-refractivity contribution in [1.82, 2.24) is 5.32 Å². The van der Waals surface area contributed by atoms with E-state index in [2.05, 4.69) is 11.9 Å². The zero-order valence-electron chi connectivity index (χ0n) is 22.1. The molecule has 1 aromatic heterocycles. The summed E-state index contributed by atoms with van der Waals surface area (Å²) >= 11 is 1.30. The lowest BCUT2D eigenvalue weighted by molar-refractivity contribution is -0.0112. The van der Waals surface area contributed by atoms with Gasteiger partial charge in [-0.1, -0.05) is 18.7 Å². The van der Waals surface area contributed by atoms with Crippen LogP contribution in [-0.2, 0) is 11.2 Å². The van der Waals surface area contributed by atoms with E-state index >= 15 is 0 Å². The second kappa shape index (κ2) is 14.2. The monoisotopic (exact) mass is 547 g/mol. The number of carbonyl (C=O) groups excluding carboxylic acids is 2. The summed E-state index contributed by atoms with van der Waals surface area (Å²) in [5.41, 5.74) is 0.772. The van der Waals surface area contributed by atoms with Gasteiger partial charge in [0.1, 0.15) is 17.9 Å². The molecule has 1 aliphatic rings. The van der Waals surface area contributed by atoms with Crippen molar-refractivity contribution < 1.29 is 38.7 Å². The van der Waals surface area contributed by atoms with E-state index in [4.69, 9.17) is 18.9 Å². The van der Waals surface area contributed by atoms with Crippen molar-refractivity contribution in [1.29, 1.82) is 0 Å². The van der Waals surface area contributed by atoms with Gasteiger partial charge in [-0.05, 0) is 56.9 Å². The third-order valence-electron chi connectivity index (χ3n) is 6.52. The predicted molar refractivity (Wildman–Crippen MR) is 144 cm³/mol. The molecule has 0 aliphatic carbocycles. The number of aliphatic hydroxyl groups excluding tert-OH is 2. The number of ether oxygens (including phenoxy) is 4. The largest absolute Gasteiger partial charge is 0.493 e. The van der Waals surface area contributed by atoms with Gasteiger partial charge in [0.05, 0.1) is 43.5 Å². The van der Waals surface area contributed by atoms with Crippen LogP contribution in [-0.4, -0.2) is 67.3 Å². The van der Waals surface area contributed by atoms with E-state index in [-0.39, 0.29) is 24.5 Å². The van der Waals surface area contributed by atoms with Crippen LogP contribution >= 0.6 is 11.3 Å². The van der Waals surface area contributed by atoms with Gasteiger partial charge in [0.25, 0.3) is 5.91 Å². The van der Waals surface area contributed by atoms with Gasteiger partial charge in [-0.15, -0.1) is 11.3 Å². The number of carbonyl (C=O) groups is 2. The maximum atomic E-state index is 13.4. The molecule has 1 amide bonds. The van der Waals surface area contributed by atoms with Gasteiger partial charge in [0.2, 0.25) is 0 Å². The van der Waals surface area contributed by atoms with Crippen LogP contribution in [0.3, 0.4) is 0 Å². The minimum Gasteiger partial charge on any atom is -0.493 e. The first-order chi connectivity index (χ1) is 18.3. The Morgan fingerprint density at radius 2 is 2.00 bits per heavy atom. The van der Waals surface area contributed by atoms with Crippen molar-refractivity contribution in [3.63, 3.8) is 0 Å². The third-order valence-corrected chi connectivity index (χ3v) is 7.39. The lowest BCUT2D eigenvalue weighted by atomic mass is 9.93. The molecule has 38 heavy (non-hydrogen) atoms. The number of rotatable bonds is 7. The number of amides is 1. The molecule has 0 fully saturated rings. The summed E-state index contributed by atoms with van der Waals surface area (Å²) in [6.45, 7) is 5.64. The van der Waals surface area contributed by atoms with Crippen molar-refractivity contribution in [3.05, 3.63) is 52.2 Å². The molecule has 1 aliphatic heterocycles. The summed E-state index contributed by atoms with van der Waals surface area (Å²) in [5, 5.41) is 26.5. The van der Waals surface area contributed by atoms with Crippen LogP contribution in [0.25, 0.3) is 0 Å². The van der Waals surface area contributed by atoms with E-state index in [9.17, 15) is 19.8 Å². The second-order valence-corrected chi connectivity index (χ2v) is 10.2. The maximum absolute atomic E-state index is 13.4. The number of esters is 1. The lowest BCUT2D eigenvalue weighted by Crippen LogP contribution is -2.48. The topological polar surface area (TPSA) is 124 Å². The highest BCUT2D eigenvalue weighted by molar-refractivity contribution is 7.12. The fraction of sp³-hybridized carbons (Fsp3) is 0.500. The second-order valence-electron chi connectivity index (χ2n) is 9.22. The molecule has 1 aromatic carbocycles. The van der Waals surface area contributed by atoms with Crippen molar-refractivity contribution in [3.8, 4) is 17.2 Å². The van der Waals surface area contributed by atoms with Gasteiger partial charge in [-0.2, -0.15) is 0 Å². The molecule has 0 radical (unpaired) electrons. The number of methoxy groups -OCH3 is 2. The smallest absolute Gasteiger partial charge is 0.342 e. The molecule has 208 valence electrons. The molecule has 0 saturated carbocycles. The quantitative estimate of drug-likeness (QED) is 0.352. The summed E-state index contributed by atoms with van der Waals surface area (Å²) in [4.78, 5) is 26.6. The number of aliphatic hydroxyl groups is 2. The summed E-state index contributed by atoms with van der Waals surface area (Å²) in [7, 11) is 2.98. The SMILES string of the molecule is C=CCOc1cc(OC)c(OC)c2c1C(=O)O[C@@H](C)CCC[C@@H](NC(=O)c1cccs1)[C@@H](O)[C@@H](O)CCC2. The molecular formula is C28H37NO8S. The Morgan fingerprint density at radius 1 is 1.21 bits per heavy atom. The third kappa shape index (κ3) is 7.27. The highest BCUT2D eigenvalue weighted by Crippen LogP contribution is 2.41. The Kier molecular flexibility index (Phi) is 11.0. The van der Waals surface area contributed by atoms with Crippen LogP contribution in [0.1, 0.15) is 64.6 Å². The predicted octanol–water partition coefficient (Wildman–Crippen LogP) is 3.90. The van der Waals surface area contributed by atoms with Gasteiger partial charge >= 0.3 is 5.97 Å². The molecular weight excluding hydrogens is 510 g/mol. The zero-order valence-corrected chi connectivity index (χ0v) is 22.9. The minimum absolute atomic E-state index is 0.175. The fourth-order valence-electron chi connectivity index (χ4n) is 4.60. The normalized spacial score (nSPS) is 22.8. The Bertz CT molecular complexity index is 1090. The molecule has 10 heteroatoms. The molecule has 9 nitrogen and oxygen atoms in total. The number of fused-ring (bicyclic) bond motifs is 1. The average molecular weight is 548 g/mol. The first-order valence-electron chi connectivity index (χ1n) is 12.7. The first-order valence-corrected chi connectivity index (χ1v) is 13.6. The van der Waals surface area contributed by atoms with Gasteiger partial charge < -0.3 is 34.5 Å². The Morgan fingerprint density at radius 3 is 2.66 bits per heavy atom. The molecule has 3 N–H and O–H groups in total. The average Bonchev–Trinajstić information content (AvgIpc) is 3.45. The summed E-state index contributed by atoms with van der Waals surface area (Å²) in [6, 6.07) is 4.42. The van der Waals surface area contributed by atoms with Gasteiger partial charge in [-0.25, -0.2) is 4.79 Å². The number of hydrogen-bond donors (Lipinski definition) is 3. The summed E-state index contributed by atoms with van der Waals surface area (Å²) in [6.07, 6.45) is 1.26. The van der Waals surface area contributed by atoms with Crippen LogP contribution in [0.2, 0.25) is 0 Å². The Hall–Kier alpha value is -3.08. The van der Waals surface area contributed by atoms with E-state index in [1.54, 1.807) is 36.6 Å². The lowest BCUT2D eigenvalue weighted by Gasteiger charge is -2.29. The van der Waals surface area contributed by atoms with Crippen LogP contribution in [0, 0.1) is 0 Å². The molecule has 0 spiro atoms. The molecule has 4 atom stereocenters. The van der Waals surface area contributed by atoms with Gasteiger partial charge in [-0.3, -0.25) is 4.79 Å². The Labute approximate surface area is 227 Å². The van der Waals surface area contributed by atoms with Crippen LogP contribution < -0.4 is 19.5 Å². The van der Waals surface area contributed by atoms with Crippen molar-refractivity contribution >= 4 is 23.2 Å². The number of cyclic esters (lactones) is 1.